The van der Waals surface area contributed by atoms with Gasteiger partial charge in [0.15, 0.2) is 4.99 Å². The van der Waals surface area contributed by atoms with Crippen molar-refractivity contribution >= 4 is 39.6 Å². The van der Waals surface area contributed by atoms with Crippen LogP contribution in [-0.4, -0.2) is 89.6 Å². The number of amides is 2. The maximum absolute atomic E-state index is 14.7. The highest BCUT2D eigenvalue weighted by molar-refractivity contribution is 7.66. The van der Waals surface area contributed by atoms with E-state index in [4.69, 9.17) is 9.84 Å². The van der Waals surface area contributed by atoms with Gasteiger partial charge in [-0.1, -0.05) is 0 Å². The first-order valence-electron chi connectivity index (χ1n) is 9.44. The standard InChI is InChI=1S/C18H21F3N4O5S/c19-13-7-11(1-2-14(13)23-3-5-24(6-4-23)15(27)10-26)25-9-12(30-18(25)28)8-22-17(31-29)16(20)21/h1-2,7,12,16,22,26H,3-6,8-10H2/t12-/m0/s1. The Bertz CT molecular complexity index is 891. The molecule has 0 radical (unpaired) electrons. The number of aliphatic hydroxyl groups is 1. The van der Waals surface area contributed by atoms with Gasteiger partial charge in [0, 0.05) is 32.7 Å². The van der Waals surface area contributed by atoms with Crippen molar-refractivity contribution in [3.63, 3.8) is 0 Å². The lowest BCUT2D eigenvalue weighted by atomic mass is 10.2. The van der Waals surface area contributed by atoms with E-state index in [-0.39, 0.29) is 35.9 Å². The third-order valence-corrected chi connectivity index (χ3v) is 5.52. The molecule has 2 N–H and O–H groups in total. The molecule has 0 aromatic heterocycles. The second kappa shape index (κ2) is 10.1. The van der Waals surface area contributed by atoms with Crippen molar-refractivity contribution in [2.24, 2.45) is 0 Å². The molecular formula is C18H21F3N4O5S. The fourth-order valence-corrected chi connectivity index (χ4v) is 3.63. The van der Waals surface area contributed by atoms with Gasteiger partial charge in [-0.3, -0.25) is 15.0 Å². The van der Waals surface area contributed by atoms with Crippen LogP contribution in [0.25, 0.3) is 0 Å². The molecule has 0 aliphatic carbocycles. The van der Waals surface area contributed by atoms with Crippen LogP contribution >= 0.6 is 0 Å². The number of anilines is 2. The molecule has 3 rings (SSSR count). The number of hydrogen-bond donors (Lipinski definition) is 2. The van der Waals surface area contributed by atoms with E-state index in [1.165, 1.54) is 21.9 Å². The maximum atomic E-state index is 14.7. The summed E-state index contributed by atoms with van der Waals surface area (Å²) < 4.78 is 55.7. The predicted octanol–water partition coefficient (Wildman–Crippen LogP) is -0.0106. The smallest absolute Gasteiger partial charge is 0.414 e. The van der Waals surface area contributed by atoms with Crippen molar-refractivity contribution in [2.45, 2.75) is 12.5 Å². The number of halogens is 3. The number of carbonyl (C=O) groups is 2. The number of rotatable bonds is 6. The number of nitrogens with zero attached hydrogens (tertiary/aromatic N) is 3. The van der Waals surface area contributed by atoms with Gasteiger partial charge < -0.3 is 19.6 Å². The van der Waals surface area contributed by atoms with Crippen molar-refractivity contribution in [3.05, 3.63) is 24.0 Å². The van der Waals surface area contributed by atoms with Crippen LogP contribution < -0.4 is 15.1 Å². The van der Waals surface area contributed by atoms with Gasteiger partial charge in [0.1, 0.15) is 29.8 Å². The van der Waals surface area contributed by atoms with Crippen LogP contribution in [0.2, 0.25) is 0 Å². The number of ether oxygens (including phenoxy) is 1. The average molecular weight is 462 g/mol. The van der Waals surface area contributed by atoms with Crippen LogP contribution in [0.1, 0.15) is 0 Å². The molecular weight excluding hydrogens is 441 g/mol. The second-order valence-electron chi connectivity index (χ2n) is 6.91. The Kier molecular flexibility index (Phi) is 7.51. The molecule has 0 saturated carbocycles. The topological polar surface area (TPSA) is 102 Å². The van der Waals surface area contributed by atoms with Gasteiger partial charge in [-0.05, 0) is 18.2 Å². The van der Waals surface area contributed by atoms with E-state index in [1.54, 1.807) is 11.0 Å². The van der Waals surface area contributed by atoms with Crippen molar-refractivity contribution in [1.29, 1.82) is 0 Å². The SMILES string of the molecule is O=S=C(NC[C@H]1CN(c2ccc(N3CCN(C(=O)CO)CC3)c(F)c2)C(=O)O1)C(F)F. The summed E-state index contributed by atoms with van der Waals surface area (Å²) in [6.07, 6.45) is -4.47. The molecule has 1 atom stereocenters. The van der Waals surface area contributed by atoms with Crippen molar-refractivity contribution in [1.82, 2.24) is 10.2 Å². The van der Waals surface area contributed by atoms with Crippen LogP contribution in [0.5, 0.6) is 0 Å². The third-order valence-electron chi connectivity index (χ3n) is 5.02. The zero-order valence-corrected chi connectivity index (χ0v) is 17.1. The molecule has 2 aliphatic heterocycles. The largest absolute Gasteiger partial charge is 0.443 e. The van der Waals surface area contributed by atoms with Gasteiger partial charge in [0.2, 0.25) is 5.91 Å². The number of nitrogens with one attached hydrogen (secondary N) is 1. The average Bonchev–Trinajstić information content (AvgIpc) is 3.14. The summed E-state index contributed by atoms with van der Waals surface area (Å²) in [5.41, 5.74) is 0.563. The Balaban J connectivity index is 1.61. The van der Waals surface area contributed by atoms with Crippen molar-refractivity contribution in [3.8, 4) is 0 Å². The Morgan fingerprint density at radius 2 is 2.00 bits per heavy atom. The molecule has 0 bridgehead atoms. The van der Waals surface area contributed by atoms with Gasteiger partial charge in [0.25, 0.3) is 6.43 Å². The number of carbonyl (C=O) groups excluding carboxylic acids is 2. The lowest BCUT2D eigenvalue weighted by Crippen LogP contribution is -2.49. The van der Waals surface area contributed by atoms with E-state index in [0.717, 1.165) is 0 Å². The summed E-state index contributed by atoms with van der Waals surface area (Å²) in [7, 11) is 0. The highest BCUT2D eigenvalue weighted by atomic mass is 32.1. The molecule has 170 valence electrons. The molecule has 0 spiro atoms. The summed E-state index contributed by atoms with van der Waals surface area (Å²) in [5.74, 6) is -0.941. The second-order valence-corrected chi connectivity index (χ2v) is 7.51. The molecule has 1 aromatic rings. The monoisotopic (exact) mass is 462 g/mol. The molecule has 2 aliphatic rings. The first kappa shape index (κ1) is 23.0. The van der Waals surface area contributed by atoms with Crippen LogP contribution in [0.4, 0.5) is 29.3 Å². The fraction of sp³-hybridized carbons (Fsp3) is 0.500. The normalized spacial score (nSPS) is 19.1. The molecule has 2 amide bonds. The Labute approximate surface area is 179 Å². The van der Waals surface area contributed by atoms with Crippen LogP contribution in [0.3, 0.4) is 0 Å². The number of cyclic esters (lactones) is 1. The molecule has 9 nitrogen and oxygen atoms in total. The van der Waals surface area contributed by atoms with Gasteiger partial charge >= 0.3 is 6.09 Å². The first-order chi connectivity index (χ1) is 14.8. The third kappa shape index (κ3) is 5.35. The molecule has 0 unspecified atom stereocenters. The lowest BCUT2D eigenvalue weighted by molar-refractivity contribution is -0.134. The molecule has 13 heteroatoms. The molecule has 2 heterocycles. The van der Waals surface area contributed by atoms with E-state index < -0.39 is 36.0 Å². The summed E-state index contributed by atoms with van der Waals surface area (Å²) in [6.45, 7) is 0.758. The minimum absolute atomic E-state index is 0.00656. The zero-order valence-electron chi connectivity index (χ0n) is 16.3. The van der Waals surface area contributed by atoms with Gasteiger partial charge in [-0.25, -0.2) is 22.2 Å². The summed E-state index contributed by atoms with van der Waals surface area (Å²) in [4.78, 5) is 27.3. The molecule has 2 saturated heterocycles. The molecule has 31 heavy (non-hydrogen) atoms. The highest BCUT2D eigenvalue weighted by Crippen LogP contribution is 2.28. The zero-order chi connectivity index (χ0) is 22.5. The van der Waals surface area contributed by atoms with E-state index in [9.17, 15) is 27.0 Å². The van der Waals surface area contributed by atoms with Gasteiger partial charge in [-0.2, -0.15) is 0 Å². The van der Waals surface area contributed by atoms with Gasteiger partial charge in [-0.15, -0.1) is 0 Å². The molecule has 1 aromatic carbocycles. The van der Waals surface area contributed by atoms with Crippen molar-refractivity contribution in [2.75, 3.05) is 55.7 Å². The predicted molar refractivity (Wildman–Crippen MR) is 107 cm³/mol. The van der Waals surface area contributed by atoms with E-state index >= 15 is 0 Å². The summed E-state index contributed by atoms with van der Waals surface area (Å²) in [6, 6.07) is 4.25. The Morgan fingerprint density at radius 3 is 2.58 bits per heavy atom. The summed E-state index contributed by atoms with van der Waals surface area (Å²) in [5, 5.41) is 11.2. The van der Waals surface area contributed by atoms with E-state index in [2.05, 4.69) is 5.32 Å². The van der Waals surface area contributed by atoms with E-state index in [0.29, 0.717) is 31.9 Å². The minimum atomic E-state index is -2.94. The van der Waals surface area contributed by atoms with Crippen molar-refractivity contribution < 1.29 is 36.8 Å². The summed E-state index contributed by atoms with van der Waals surface area (Å²) >= 11 is -0.358. The Morgan fingerprint density at radius 1 is 1.29 bits per heavy atom. The number of aliphatic hydroxyl groups excluding tert-OH is 1. The maximum Gasteiger partial charge on any atom is 0.414 e. The van der Waals surface area contributed by atoms with Crippen LogP contribution in [0.15, 0.2) is 18.2 Å². The van der Waals surface area contributed by atoms with E-state index in [1.807, 2.05) is 0 Å². The molecule has 2 fully saturated rings. The van der Waals surface area contributed by atoms with Gasteiger partial charge in [0.05, 0.1) is 17.9 Å². The quantitative estimate of drug-likeness (QED) is 0.574. The lowest BCUT2D eigenvalue weighted by Gasteiger charge is -2.36. The van der Waals surface area contributed by atoms with Crippen LogP contribution in [0, 0.1) is 5.82 Å². The number of hydrogen-bond acceptors (Lipinski definition) is 6. The highest BCUT2D eigenvalue weighted by Gasteiger charge is 2.33. The number of piperazine rings is 1. The minimum Gasteiger partial charge on any atom is -0.443 e. The Hall–Kier alpha value is -2.64. The van der Waals surface area contributed by atoms with Crippen LogP contribution in [-0.2, 0) is 20.8 Å². The number of benzene rings is 1. The fourth-order valence-electron chi connectivity index (χ4n) is 3.41. The number of alkyl halides is 2. The first-order valence-corrected chi connectivity index (χ1v) is 10.2.